The van der Waals surface area contributed by atoms with Gasteiger partial charge in [-0.15, -0.1) is 0 Å². The van der Waals surface area contributed by atoms with Crippen LogP contribution >= 0.6 is 0 Å². The van der Waals surface area contributed by atoms with Crippen LogP contribution in [-0.4, -0.2) is 72.0 Å². The summed E-state index contributed by atoms with van der Waals surface area (Å²) in [5, 5.41) is 3.50. The highest BCUT2D eigenvalue weighted by molar-refractivity contribution is 5.77. The van der Waals surface area contributed by atoms with Crippen molar-refractivity contribution in [3.05, 3.63) is 40.4 Å². The van der Waals surface area contributed by atoms with Crippen LogP contribution < -0.4 is 10.9 Å². The maximum Gasteiger partial charge on any atom is 0.258 e. The Labute approximate surface area is 153 Å². The fourth-order valence-corrected chi connectivity index (χ4v) is 3.39. The van der Waals surface area contributed by atoms with Gasteiger partial charge < -0.3 is 20.1 Å². The SMILES string of the molecule is CN1CC[C@@H](N(C)CCC(=O)NCCc2nc3ccccc3c(=O)[nH]2)C1. The standard InChI is InChI=1S/C19H27N5O2/c1-23-11-8-14(13-23)24(2)12-9-18(25)20-10-7-17-21-16-6-4-3-5-15(16)19(26)22-17/h3-6,14H,7-13H2,1-2H3,(H,20,25)(H,21,22,26)/t14-/m1/s1. The second kappa shape index (κ2) is 8.42. The largest absolute Gasteiger partial charge is 0.356 e. The average molecular weight is 357 g/mol. The lowest BCUT2D eigenvalue weighted by molar-refractivity contribution is -0.121. The van der Waals surface area contributed by atoms with E-state index in [1.807, 2.05) is 18.2 Å². The van der Waals surface area contributed by atoms with E-state index in [4.69, 9.17) is 0 Å². The molecule has 7 heteroatoms. The molecule has 1 aliphatic rings. The van der Waals surface area contributed by atoms with E-state index in [1.165, 1.54) is 0 Å². The van der Waals surface area contributed by atoms with Gasteiger partial charge in [-0.3, -0.25) is 9.59 Å². The van der Waals surface area contributed by atoms with Crippen molar-refractivity contribution >= 4 is 16.8 Å². The van der Waals surface area contributed by atoms with E-state index in [9.17, 15) is 9.59 Å². The molecule has 1 atom stereocenters. The van der Waals surface area contributed by atoms with Crippen molar-refractivity contribution in [2.45, 2.75) is 25.3 Å². The van der Waals surface area contributed by atoms with Gasteiger partial charge >= 0.3 is 0 Å². The highest BCUT2D eigenvalue weighted by atomic mass is 16.1. The van der Waals surface area contributed by atoms with E-state index in [0.29, 0.717) is 42.2 Å². The molecule has 3 rings (SSSR count). The summed E-state index contributed by atoms with van der Waals surface area (Å²) in [5.41, 5.74) is 0.542. The number of benzene rings is 1. The number of H-pyrrole nitrogens is 1. The van der Waals surface area contributed by atoms with Crippen LogP contribution in [0.2, 0.25) is 0 Å². The monoisotopic (exact) mass is 357 g/mol. The zero-order valence-electron chi connectivity index (χ0n) is 15.5. The minimum atomic E-state index is -0.139. The topological polar surface area (TPSA) is 81.3 Å². The fraction of sp³-hybridized carbons (Fsp3) is 0.526. The Hall–Kier alpha value is -2.25. The quantitative estimate of drug-likeness (QED) is 0.759. The molecule has 0 spiro atoms. The predicted molar refractivity (Wildman–Crippen MR) is 102 cm³/mol. The van der Waals surface area contributed by atoms with Gasteiger partial charge in [0, 0.05) is 38.5 Å². The summed E-state index contributed by atoms with van der Waals surface area (Å²) < 4.78 is 0. The van der Waals surface area contributed by atoms with Crippen LogP contribution in [0.4, 0.5) is 0 Å². The van der Waals surface area contributed by atoms with Crippen LogP contribution in [0, 0.1) is 0 Å². The number of likely N-dealkylation sites (tertiary alicyclic amines) is 1. The maximum absolute atomic E-state index is 12.1. The zero-order chi connectivity index (χ0) is 18.5. The lowest BCUT2D eigenvalue weighted by Gasteiger charge is -2.23. The molecule has 0 radical (unpaired) electrons. The Kier molecular flexibility index (Phi) is 6.00. The molecule has 0 aliphatic carbocycles. The highest BCUT2D eigenvalue weighted by Crippen LogP contribution is 2.12. The van der Waals surface area contributed by atoms with E-state index in [2.05, 4.69) is 39.2 Å². The first kappa shape index (κ1) is 18.5. The summed E-state index contributed by atoms with van der Waals surface area (Å²) in [4.78, 5) is 35.9. The summed E-state index contributed by atoms with van der Waals surface area (Å²) in [5.74, 6) is 0.631. The lowest BCUT2D eigenvalue weighted by Crippen LogP contribution is -2.37. The number of rotatable bonds is 7. The summed E-state index contributed by atoms with van der Waals surface area (Å²) in [6.45, 7) is 3.42. The third-order valence-corrected chi connectivity index (χ3v) is 5.03. The minimum absolute atomic E-state index is 0.0336. The number of amides is 1. The number of aromatic nitrogens is 2. The van der Waals surface area contributed by atoms with Gasteiger partial charge in [0.15, 0.2) is 0 Å². The van der Waals surface area contributed by atoms with Gasteiger partial charge in [0.25, 0.3) is 5.56 Å². The van der Waals surface area contributed by atoms with Crippen molar-refractivity contribution in [1.29, 1.82) is 0 Å². The van der Waals surface area contributed by atoms with Crippen LogP contribution in [0.5, 0.6) is 0 Å². The minimum Gasteiger partial charge on any atom is -0.356 e. The number of aromatic amines is 1. The van der Waals surface area contributed by atoms with E-state index in [0.717, 1.165) is 26.1 Å². The number of nitrogens with zero attached hydrogens (tertiary/aromatic N) is 3. The molecule has 2 heterocycles. The van der Waals surface area contributed by atoms with Gasteiger partial charge in [0.1, 0.15) is 5.82 Å². The summed E-state index contributed by atoms with van der Waals surface area (Å²) >= 11 is 0. The van der Waals surface area contributed by atoms with Crippen molar-refractivity contribution in [3.63, 3.8) is 0 Å². The van der Waals surface area contributed by atoms with Crippen LogP contribution in [0.15, 0.2) is 29.1 Å². The maximum atomic E-state index is 12.1. The van der Waals surface area contributed by atoms with E-state index >= 15 is 0 Å². The Morgan fingerprint density at radius 2 is 2.23 bits per heavy atom. The van der Waals surface area contributed by atoms with E-state index in [-0.39, 0.29) is 11.5 Å². The first-order valence-electron chi connectivity index (χ1n) is 9.16. The molecule has 2 aromatic rings. The molecule has 1 amide bonds. The Bertz CT molecular complexity index is 819. The van der Waals surface area contributed by atoms with Gasteiger partial charge in [-0.25, -0.2) is 4.98 Å². The normalized spacial score (nSPS) is 17.9. The van der Waals surface area contributed by atoms with Crippen molar-refractivity contribution in [3.8, 4) is 0 Å². The van der Waals surface area contributed by atoms with Crippen molar-refractivity contribution in [2.24, 2.45) is 0 Å². The third-order valence-electron chi connectivity index (χ3n) is 5.03. The third kappa shape index (κ3) is 4.68. The van der Waals surface area contributed by atoms with Crippen LogP contribution in [0.25, 0.3) is 10.9 Å². The average Bonchev–Trinajstić information content (AvgIpc) is 3.06. The van der Waals surface area contributed by atoms with Crippen LogP contribution in [0.3, 0.4) is 0 Å². The Morgan fingerprint density at radius 3 is 3.00 bits per heavy atom. The Balaban J connectivity index is 1.43. The van der Waals surface area contributed by atoms with Gasteiger partial charge in [-0.2, -0.15) is 0 Å². The zero-order valence-corrected chi connectivity index (χ0v) is 15.5. The summed E-state index contributed by atoms with van der Waals surface area (Å²) in [7, 11) is 4.21. The number of carbonyl (C=O) groups is 1. The first-order valence-corrected chi connectivity index (χ1v) is 9.16. The molecule has 7 nitrogen and oxygen atoms in total. The molecular weight excluding hydrogens is 330 g/mol. The summed E-state index contributed by atoms with van der Waals surface area (Å²) in [6, 6.07) is 7.80. The molecule has 1 saturated heterocycles. The molecule has 1 aromatic carbocycles. The number of nitrogens with one attached hydrogen (secondary N) is 2. The number of para-hydroxylation sites is 1. The molecule has 1 aliphatic heterocycles. The number of carbonyl (C=O) groups excluding carboxylic acids is 1. The van der Waals surface area contributed by atoms with E-state index in [1.54, 1.807) is 6.07 Å². The molecule has 2 N–H and O–H groups in total. The molecule has 1 aromatic heterocycles. The van der Waals surface area contributed by atoms with Crippen LogP contribution in [0.1, 0.15) is 18.7 Å². The molecule has 0 bridgehead atoms. The summed E-state index contributed by atoms with van der Waals surface area (Å²) in [6.07, 6.45) is 2.16. The predicted octanol–water partition coefficient (Wildman–Crippen LogP) is 0.608. The van der Waals surface area contributed by atoms with Crippen LogP contribution in [-0.2, 0) is 11.2 Å². The highest BCUT2D eigenvalue weighted by Gasteiger charge is 2.23. The second-order valence-electron chi connectivity index (χ2n) is 7.07. The molecule has 0 saturated carbocycles. The smallest absolute Gasteiger partial charge is 0.258 e. The number of fused-ring (bicyclic) bond motifs is 1. The van der Waals surface area contributed by atoms with Gasteiger partial charge in [0.05, 0.1) is 10.9 Å². The number of likely N-dealkylation sites (N-methyl/N-ethyl adjacent to an activating group) is 2. The van der Waals surface area contributed by atoms with Crippen molar-refractivity contribution in [2.75, 3.05) is 40.3 Å². The van der Waals surface area contributed by atoms with Gasteiger partial charge in [0.2, 0.25) is 5.91 Å². The molecule has 140 valence electrons. The molecular formula is C19H27N5O2. The van der Waals surface area contributed by atoms with Gasteiger partial charge in [-0.1, -0.05) is 12.1 Å². The fourth-order valence-electron chi connectivity index (χ4n) is 3.39. The molecule has 1 fully saturated rings. The van der Waals surface area contributed by atoms with Crippen molar-refractivity contribution in [1.82, 2.24) is 25.1 Å². The number of hydrogen-bond acceptors (Lipinski definition) is 5. The van der Waals surface area contributed by atoms with Crippen molar-refractivity contribution < 1.29 is 4.79 Å². The number of hydrogen-bond donors (Lipinski definition) is 2. The lowest BCUT2D eigenvalue weighted by atomic mass is 10.2. The first-order chi connectivity index (χ1) is 12.5. The molecule has 0 unspecified atom stereocenters. The second-order valence-corrected chi connectivity index (χ2v) is 7.07. The van der Waals surface area contributed by atoms with Gasteiger partial charge in [-0.05, 0) is 39.2 Å². The van der Waals surface area contributed by atoms with E-state index < -0.39 is 0 Å². The molecule has 26 heavy (non-hydrogen) atoms. The Morgan fingerprint density at radius 1 is 1.42 bits per heavy atom.